The summed E-state index contributed by atoms with van der Waals surface area (Å²) in [6.07, 6.45) is 9.53. The van der Waals surface area contributed by atoms with Gasteiger partial charge in [-0.05, 0) is 104 Å². The zero-order valence-corrected chi connectivity index (χ0v) is 20.3. The van der Waals surface area contributed by atoms with E-state index in [0.717, 1.165) is 42.6 Å². The minimum Gasteiger partial charge on any atom is -0.313 e. The Labute approximate surface area is 189 Å². The summed E-state index contributed by atoms with van der Waals surface area (Å²) in [6, 6.07) is 9.32. The predicted octanol–water partition coefficient (Wildman–Crippen LogP) is 4.82. The Bertz CT molecular complexity index is 876. The van der Waals surface area contributed by atoms with Crippen molar-refractivity contribution in [3.8, 4) is 0 Å². The molecule has 5 aliphatic carbocycles. The van der Waals surface area contributed by atoms with Crippen LogP contribution >= 0.6 is 0 Å². The number of hydrogen-bond acceptors (Lipinski definition) is 3. The predicted molar refractivity (Wildman–Crippen MR) is 125 cm³/mol. The fourth-order valence-corrected chi connectivity index (χ4v) is 9.05. The summed E-state index contributed by atoms with van der Waals surface area (Å²) < 4.78 is 27.5. The summed E-state index contributed by atoms with van der Waals surface area (Å²) in [5.74, 6) is 4.57. The van der Waals surface area contributed by atoms with E-state index in [1.165, 1.54) is 38.5 Å². The molecule has 5 aliphatic rings. The maximum Gasteiger partial charge on any atom is 0.240 e. The summed E-state index contributed by atoms with van der Waals surface area (Å²) in [4.78, 5) is 0.350. The molecule has 0 saturated heterocycles. The lowest BCUT2D eigenvalue weighted by Gasteiger charge is -2.61. The van der Waals surface area contributed by atoms with E-state index in [-0.39, 0.29) is 0 Å². The van der Waals surface area contributed by atoms with Crippen LogP contribution in [0, 0.1) is 40.4 Å². The second-order valence-electron chi connectivity index (χ2n) is 12.2. The monoisotopic (exact) mass is 444 g/mol. The Morgan fingerprint density at radius 3 is 2.26 bits per heavy atom. The zero-order chi connectivity index (χ0) is 21.9. The van der Waals surface area contributed by atoms with Gasteiger partial charge in [0, 0.05) is 12.6 Å². The lowest BCUT2D eigenvalue weighted by atomic mass is 9.46. The van der Waals surface area contributed by atoms with Crippen molar-refractivity contribution in [2.75, 3.05) is 13.1 Å². The molecule has 0 aliphatic heterocycles. The third-order valence-corrected chi connectivity index (χ3v) is 10.6. The molecule has 4 unspecified atom stereocenters. The Morgan fingerprint density at radius 1 is 0.968 bits per heavy atom. The van der Waals surface area contributed by atoms with Crippen LogP contribution < -0.4 is 10.0 Å². The van der Waals surface area contributed by atoms with E-state index in [4.69, 9.17) is 0 Å². The maximum atomic E-state index is 12.4. The van der Waals surface area contributed by atoms with E-state index < -0.39 is 10.0 Å². The summed E-state index contributed by atoms with van der Waals surface area (Å²) in [6.45, 7) is 8.71. The fraction of sp³-hybridized carbons (Fsp3) is 0.769. The van der Waals surface area contributed by atoms with Gasteiger partial charge in [0.05, 0.1) is 4.90 Å². The van der Waals surface area contributed by atoms with Crippen molar-refractivity contribution in [2.24, 2.45) is 40.4 Å². The highest BCUT2D eigenvalue weighted by Gasteiger charge is 2.63. The second kappa shape index (κ2) is 7.85. The van der Waals surface area contributed by atoms with E-state index in [1.807, 2.05) is 6.07 Å². The number of nitrogens with one attached hydrogen (secondary N) is 2. The van der Waals surface area contributed by atoms with Gasteiger partial charge in [-0.2, -0.15) is 0 Å². The molecule has 5 heteroatoms. The zero-order valence-electron chi connectivity index (χ0n) is 19.4. The molecular weight excluding hydrogens is 404 g/mol. The van der Waals surface area contributed by atoms with E-state index in [9.17, 15) is 8.42 Å². The molecule has 6 rings (SSSR count). The van der Waals surface area contributed by atoms with Crippen LogP contribution in [0.1, 0.15) is 65.7 Å². The molecule has 1 aromatic carbocycles. The van der Waals surface area contributed by atoms with Gasteiger partial charge in [0.25, 0.3) is 0 Å². The van der Waals surface area contributed by atoms with Crippen LogP contribution in [0.5, 0.6) is 0 Å². The van der Waals surface area contributed by atoms with Crippen molar-refractivity contribution < 1.29 is 8.42 Å². The van der Waals surface area contributed by atoms with Gasteiger partial charge in [0.1, 0.15) is 0 Å². The topological polar surface area (TPSA) is 58.2 Å². The average Bonchev–Trinajstić information content (AvgIpc) is 3.52. The maximum absolute atomic E-state index is 12.4. The quantitative estimate of drug-likeness (QED) is 0.565. The molecule has 0 heterocycles. The third kappa shape index (κ3) is 4.22. The number of benzene rings is 1. The van der Waals surface area contributed by atoms with E-state index in [1.54, 1.807) is 24.3 Å². The second-order valence-corrected chi connectivity index (χ2v) is 14.0. The van der Waals surface area contributed by atoms with Gasteiger partial charge in [-0.25, -0.2) is 13.1 Å². The van der Waals surface area contributed by atoms with Gasteiger partial charge in [0.2, 0.25) is 10.0 Å². The summed E-state index contributed by atoms with van der Waals surface area (Å²) >= 11 is 0. The van der Waals surface area contributed by atoms with Gasteiger partial charge in [0.15, 0.2) is 0 Å². The van der Waals surface area contributed by atoms with Crippen molar-refractivity contribution in [1.29, 1.82) is 0 Å². The standard InChI is InChI=1S/C26H40N2O2S/c1-25(2,3)22-14-23(22)26-15-18-12-19(16-26)24(20(13-18)17-26)27-10-7-11-28-31(29,30)21-8-5-4-6-9-21/h4-6,8-9,18-20,22-24,27-28H,7,10-17H2,1-3H3. The smallest absolute Gasteiger partial charge is 0.240 e. The van der Waals surface area contributed by atoms with Crippen molar-refractivity contribution >= 4 is 10.0 Å². The van der Waals surface area contributed by atoms with E-state index in [0.29, 0.717) is 28.3 Å². The van der Waals surface area contributed by atoms with Crippen LogP contribution in [0.15, 0.2) is 35.2 Å². The summed E-state index contributed by atoms with van der Waals surface area (Å²) in [5.41, 5.74) is 1.12. The number of rotatable bonds is 8. The first kappa shape index (κ1) is 21.9. The molecule has 4 atom stereocenters. The van der Waals surface area contributed by atoms with Crippen LogP contribution in [0.4, 0.5) is 0 Å². The largest absolute Gasteiger partial charge is 0.313 e. The molecule has 2 N–H and O–H groups in total. The Balaban J connectivity index is 1.12. The van der Waals surface area contributed by atoms with E-state index >= 15 is 0 Å². The minimum atomic E-state index is -3.39. The van der Waals surface area contributed by atoms with Crippen LogP contribution in [0.3, 0.4) is 0 Å². The van der Waals surface area contributed by atoms with Crippen LogP contribution in [-0.2, 0) is 10.0 Å². The molecule has 0 radical (unpaired) electrons. The lowest BCUT2D eigenvalue weighted by molar-refractivity contribution is -0.0926. The van der Waals surface area contributed by atoms with Gasteiger partial charge in [-0.3, -0.25) is 0 Å². The molecule has 0 amide bonds. The van der Waals surface area contributed by atoms with Gasteiger partial charge in [-0.1, -0.05) is 39.0 Å². The molecule has 4 nitrogen and oxygen atoms in total. The van der Waals surface area contributed by atoms with Gasteiger partial charge >= 0.3 is 0 Å². The average molecular weight is 445 g/mol. The molecule has 1 aromatic rings. The lowest BCUT2D eigenvalue weighted by Crippen LogP contribution is -2.59. The number of sulfonamides is 1. The molecule has 172 valence electrons. The van der Waals surface area contributed by atoms with Crippen molar-refractivity contribution in [2.45, 2.75) is 76.7 Å². The molecule has 0 aromatic heterocycles. The SMILES string of the molecule is CC(C)(C)C1CC1C12CC3CC(C1)C(NCCCNS(=O)(=O)c1ccccc1)C(C3)C2. The van der Waals surface area contributed by atoms with Gasteiger partial charge in [-0.15, -0.1) is 0 Å². The summed E-state index contributed by atoms with van der Waals surface area (Å²) in [7, 11) is -3.39. The highest BCUT2D eigenvalue weighted by Crippen LogP contribution is 2.71. The van der Waals surface area contributed by atoms with Gasteiger partial charge < -0.3 is 5.32 Å². The van der Waals surface area contributed by atoms with Crippen LogP contribution in [0.2, 0.25) is 0 Å². The van der Waals surface area contributed by atoms with Crippen LogP contribution in [-0.4, -0.2) is 27.5 Å². The fourth-order valence-electron chi connectivity index (χ4n) is 7.95. The van der Waals surface area contributed by atoms with Crippen molar-refractivity contribution in [3.05, 3.63) is 30.3 Å². The molecule has 5 saturated carbocycles. The van der Waals surface area contributed by atoms with Crippen LogP contribution in [0.25, 0.3) is 0 Å². The Kier molecular flexibility index (Phi) is 5.55. The number of hydrogen-bond donors (Lipinski definition) is 2. The van der Waals surface area contributed by atoms with Crippen molar-refractivity contribution in [3.63, 3.8) is 0 Å². The first-order valence-corrected chi connectivity index (χ1v) is 13.9. The molecule has 4 bridgehead atoms. The normalized spacial score (nSPS) is 39.1. The molecule has 31 heavy (non-hydrogen) atoms. The highest BCUT2D eigenvalue weighted by atomic mass is 32.2. The Morgan fingerprint density at radius 2 is 1.65 bits per heavy atom. The summed E-state index contributed by atoms with van der Waals surface area (Å²) in [5, 5.41) is 3.87. The first-order chi connectivity index (χ1) is 14.7. The van der Waals surface area contributed by atoms with Crippen molar-refractivity contribution in [1.82, 2.24) is 10.0 Å². The highest BCUT2D eigenvalue weighted by molar-refractivity contribution is 7.89. The molecule has 0 spiro atoms. The first-order valence-electron chi connectivity index (χ1n) is 12.5. The van der Waals surface area contributed by atoms with E-state index in [2.05, 4.69) is 30.8 Å². The third-order valence-electron chi connectivity index (χ3n) is 9.09. The minimum absolute atomic E-state index is 0.350. The Hall–Kier alpha value is -0.910. The molecule has 5 fully saturated rings. The molecular formula is C26H40N2O2S.